The van der Waals surface area contributed by atoms with Crippen LogP contribution in [0.5, 0.6) is 5.75 Å². The molecule has 0 heterocycles. The molecule has 0 fully saturated rings. The second-order valence-corrected chi connectivity index (χ2v) is 7.50. The highest BCUT2D eigenvalue weighted by atomic mass is 16.6. The van der Waals surface area contributed by atoms with E-state index in [4.69, 9.17) is 14.7 Å². The predicted molar refractivity (Wildman–Crippen MR) is 116 cm³/mol. The molecule has 2 aromatic rings. The summed E-state index contributed by atoms with van der Waals surface area (Å²) in [6.07, 6.45) is -0.408. The first-order valence-electron chi connectivity index (χ1n) is 9.75. The van der Waals surface area contributed by atoms with Gasteiger partial charge in [0.25, 0.3) is 5.91 Å². The minimum atomic E-state index is -0.626. The van der Waals surface area contributed by atoms with Gasteiger partial charge < -0.3 is 14.4 Å². The number of nitrogens with one attached hydrogen (secondary N) is 1. The van der Waals surface area contributed by atoms with E-state index in [9.17, 15) is 9.59 Å². The van der Waals surface area contributed by atoms with Gasteiger partial charge in [0.1, 0.15) is 11.4 Å². The van der Waals surface area contributed by atoms with Crippen molar-refractivity contribution in [3.8, 4) is 11.8 Å². The number of carbonyl (C=O) groups is 2. The van der Waals surface area contributed by atoms with Crippen molar-refractivity contribution in [2.45, 2.75) is 39.7 Å². The van der Waals surface area contributed by atoms with Crippen LogP contribution in [0.15, 0.2) is 48.5 Å². The minimum Gasteiger partial charge on any atom is -0.494 e. The normalized spacial score (nSPS) is 10.6. The van der Waals surface area contributed by atoms with Gasteiger partial charge in [0.2, 0.25) is 0 Å². The van der Waals surface area contributed by atoms with Crippen LogP contribution >= 0.6 is 0 Å². The van der Waals surface area contributed by atoms with Crippen LogP contribution in [0.25, 0.3) is 0 Å². The lowest BCUT2D eigenvalue weighted by Gasteiger charge is -2.23. The molecule has 2 aromatic carbocycles. The summed E-state index contributed by atoms with van der Waals surface area (Å²) in [6.45, 7) is 8.01. The van der Waals surface area contributed by atoms with Gasteiger partial charge in [-0.2, -0.15) is 5.26 Å². The van der Waals surface area contributed by atoms with Crippen LogP contribution in [0.4, 0.5) is 16.2 Å². The van der Waals surface area contributed by atoms with Crippen LogP contribution in [0.1, 0.15) is 44.5 Å². The molecule has 2 amide bonds. The summed E-state index contributed by atoms with van der Waals surface area (Å²) in [5.74, 6) is 0.430. The Kier molecular flexibility index (Phi) is 7.82. The quantitative estimate of drug-likeness (QED) is 0.695. The Morgan fingerprint density at radius 2 is 1.83 bits per heavy atom. The second kappa shape index (κ2) is 10.3. The van der Waals surface area contributed by atoms with E-state index in [2.05, 4.69) is 11.4 Å². The molecular weight excluding hydrogens is 382 g/mol. The molecule has 7 nitrogen and oxygen atoms in total. The number of nitriles is 1. The van der Waals surface area contributed by atoms with Crippen LogP contribution in [-0.4, -0.2) is 30.8 Å². The van der Waals surface area contributed by atoms with Crippen LogP contribution < -0.4 is 15.0 Å². The van der Waals surface area contributed by atoms with Crippen molar-refractivity contribution in [1.29, 1.82) is 5.26 Å². The molecule has 7 heteroatoms. The second-order valence-electron chi connectivity index (χ2n) is 7.50. The molecule has 30 heavy (non-hydrogen) atoms. The van der Waals surface area contributed by atoms with E-state index >= 15 is 0 Å². The summed E-state index contributed by atoms with van der Waals surface area (Å²) in [4.78, 5) is 26.7. The number of rotatable bonds is 7. The molecular formula is C23H27N3O4. The Labute approximate surface area is 177 Å². The largest absolute Gasteiger partial charge is 0.494 e. The SMILES string of the molecule is CCOc1ccc(N(CCC#N)C(=O)c2cccc(NC(=O)OC(C)(C)C)c2)cc1. The zero-order valence-electron chi connectivity index (χ0n) is 17.8. The van der Waals surface area contributed by atoms with Crippen LogP contribution in [0.2, 0.25) is 0 Å². The molecule has 158 valence electrons. The molecule has 0 unspecified atom stereocenters. The fourth-order valence-corrected chi connectivity index (χ4v) is 2.71. The van der Waals surface area contributed by atoms with Gasteiger partial charge in [-0.3, -0.25) is 10.1 Å². The maximum absolute atomic E-state index is 13.2. The number of hydrogen-bond donors (Lipinski definition) is 1. The molecule has 0 spiro atoms. The molecule has 1 N–H and O–H groups in total. The number of hydrogen-bond acceptors (Lipinski definition) is 5. The van der Waals surface area contributed by atoms with E-state index in [0.717, 1.165) is 0 Å². The van der Waals surface area contributed by atoms with Gasteiger partial charge in [0.15, 0.2) is 0 Å². The van der Waals surface area contributed by atoms with Crippen molar-refractivity contribution in [3.63, 3.8) is 0 Å². The maximum Gasteiger partial charge on any atom is 0.412 e. The van der Waals surface area contributed by atoms with E-state index in [1.165, 1.54) is 4.90 Å². The van der Waals surface area contributed by atoms with E-state index in [1.54, 1.807) is 69.3 Å². The zero-order chi connectivity index (χ0) is 22.1. The zero-order valence-corrected chi connectivity index (χ0v) is 17.8. The lowest BCUT2D eigenvalue weighted by Crippen LogP contribution is -2.32. The number of ether oxygens (including phenoxy) is 2. The van der Waals surface area contributed by atoms with Gasteiger partial charge in [-0.15, -0.1) is 0 Å². The average molecular weight is 409 g/mol. The smallest absolute Gasteiger partial charge is 0.412 e. The molecule has 0 bridgehead atoms. The number of amides is 2. The van der Waals surface area contributed by atoms with Crippen molar-refractivity contribution in [1.82, 2.24) is 0 Å². The fraction of sp³-hybridized carbons (Fsp3) is 0.348. The third-order valence-electron chi connectivity index (χ3n) is 3.91. The summed E-state index contributed by atoms with van der Waals surface area (Å²) in [6, 6.07) is 15.8. The van der Waals surface area contributed by atoms with Crippen molar-refractivity contribution < 1.29 is 19.1 Å². The molecule has 0 saturated carbocycles. The maximum atomic E-state index is 13.2. The van der Waals surface area contributed by atoms with Crippen molar-refractivity contribution in [2.75, 3.05) is 23.4 Å². The number of anilines is 2. The summed E-state index contributed by atoms with van der Waals surface area (Å²) < 4.78 is 10.7. The molecule has 2 rings (SSSR count). The fourth-order valence-electron chi connectivity index (χ4n) is 2.71. The van der Waals surface area contributed by atoms with E-state index in [1.807, 2.05) is 6.92 Å². The molecule has 0 radical (unpaired) electrons. The Hall–Kier alpha value is -3.53. The Morgan fingerprint density at radius 1 is 1.13 bits per heavy atom. The lowest BCUT2D eigenvalue weighted by atomic mass is 10.1. The first-order valence-corrected chi connectivity index (χ1v) is 9.75. The van der Waals surface area contributed by atoms with Crippen LogP contribution in [0, 0.1) is 11.3 Å². The van der Waals surface area contributed by atoms with Crippen LogP contribution in [0.3, 0.4) is 0 Å². The summed E-state index contributed by atoms with van der Waals surface area (Å²) in [5.41, 5.74) is 0.862. The van der Waals surface area contributed by atoms with E-state index in [0.29, 0.717) is 29.3 Å². The molecule has 0 aromatic heterocycles. The van der Waals surface area contributed by atoms with Gasteiger partial charge in [-0.25, -0.2) is 4.79 Å². The standard InChI is InChI=1S/C23H27N3O4/c1-5-29-20-12-10-19(11-13-20)26(15-7-14-24)21(27)17-8-6-9-18(16-17)25-22(28)30-23(2,3)4/h6,8-13,16H,5,7,15H2,1-4H3,(H,25,28). The molecule has 0 atom stereocenters. The van der Waals surface area contributed by atoms with E-state index < -0.39 is 11.7 Å². The number of benzene rings is 2. The van der Waals surface area contributed by atoms with Crippen LogP contribution in [-0.2, 0) is 4.74 Å². The Balaban J connectivity index is 2.23. The monoisotopic (exact) mass is 409 g/mol. The van der Waals surface area contributed by atoms with Crippen molar-refractivity contribution in [2.24, 2.45) is 0 Å². The summed E-state index contributed by atoms with van der Waals surface area (Å²) >= 11 is 0. The molecule has 0 saturated heterocycles. The summed E-state index contributed by atoms with van der Waals surface area (Å²) in [7, 11) is 0. The molecule has 0 aliphatic rings. The highest BCUT2D eigenvalue weighted by Gasteiger charge is 2.20. The topological polar surface area (TPSA) is 91.7 Å². The van der Waals surface area contributed by atoms with Gasteiger partial charge >= 0.3 is 6.09 Å². The van der Waals surface area contributed by atoms with Gasteiger partial charge in [0, 0.05) is 23.5 Å². The van der Waals surface area contributed by atoms with Gasteiger partial charge in [0.05, 0.1) is 19.1 Å². The highest BCUT2D eigenvalue weighted by Crippen LogP contribution is 2.23. The van der Waals surface area contributed by atoms with Crippen molar-refractivity contribution in [3.05, 3.63) is 54.1 Å². The first kappa shape index (κ1) is 22.8. The average Bonchev–Trinajstić information content (AvgIpc) is 2.68. The molecule has 0 aliphatic heterocycles. The van der Waals surface area contributed by atoms with Crippen molar-refractivity contribution >= 4 is 23.4 Å². The van der Waals surface area contributed by atoms with E-state index in [-0.39, 0.29) is 18.9 Å². The highest BCUT2D eigenvalue weighted by molar-refractivity contribution is 6.07. The number of nitrogens with zero attached hydrogens (tertiary/aromatic N) is 2. The third-order valence-corrected chi connectivity index (χ3v) is 3.91. The van der Waals surface area contributed by atoms with Gasteiger partial charge in [-0.05, 0) is 70.2 Å². The van der Waals surface area contributed by atoms with Gasteiger partial charge in [-0.1, -0.05) is 6.07 Å². The Bertz CT molecular complexity index is 911. The predicted octanol–water partition coefficient (Wildman–Crippen LogP) is 4.99. The number of carbonyl (C=O) groups excluding carboxylic acids is 2. The Morgan fingerprint density at radius 3 is 2.43 bits per heavy atom. The lowest BCUT2D eigenvalue weighted by molar-refractivity contribution is 0.0635. The third kappa shape index (κ3) is 6.82. The minimum absolute atomic E-state index is 0.189. The summed E-state index contributed by atoms with van der Waals surface area (Å²) in [5, 5.41) is 11.6. The molecule has 0 aliphatic carbocycles. The first-order chi connectivity index (χ1) is 14.2.